The molecule has 112 valence electrons. The van der Waals surface area contributed by atoms with Crippen LogP contribution in [0.3, 0.4) is 0 Å². The summed E-state index contributed by atoms with van der Waals surface area (Å²) in [6, 6.07) is 10.2. The van der Waals surface area contributed by atoms with Crippen molar-refractivity contribution in [3.8, 4) is 0 Å². The smallest absolute Gasteiger partial charge is 0.337 e. The number of hydrogen-bond donors (Lipinski definition) is 1. The number of carbonyl (C=O) groups is 1. The molecule has 0 unspecified atom stereocenters. The molecule has 1 aromatic heterocycles. The zero-order valence-corrected chi connectivity index (χ0v) is 13.0. The molecule has 0 amide bonds. The van der Waals surface area contributed by atoms with Gasteiger partial charge >= 0.3 is 5.97 Å². The Hall–Kier alpha value is -1.70. The van der Waals surface area contributed by atoms with E-state index in [1.165, 1.54) is 18.4 Å². The molecule has 7 heteroatoms. The Morgan fingerprint density at radius 2 is 1.95 bits per heavy atom. The molecule has 0 atom stereocenters. The predicted octanol–water partition coefficient (Wildman–Crippen LogP) is 2.06. The van der Waals surface area contributed by atoms with E-state index < -0.39 is 10.0 Å². The number of esters is 1. The number of ether oxygens (including phenoxy) is 1. The van der Waals surface area contributed by atoms with E-state index in [-0.39, 0.29) is 5.97 Å². The van der Waals surface area contributed by atoms with E-state index in [1.807, 2.05) is 0 Å². The quantitative estimate of drug-likeness (QED) is 0.825. The van der Waals surface area contributed by atoms with Crippen LogP contribution in [0.1, 0.15) is 15.9 Å². The van der Waals surface area contributed by atoms with Crippen LogP contribution in [0.25, 0.3) is 0 Å². The molecular weight excluding hydrogens is 310 g/mol. The molecule has 1 heterocycles. The van der Waals surface area contributed by atoms with Crippen molar-refractivity contribution in [2.75, 3.05) is 13.7 Å². The van der Waals surface area contributed by atoms with Gasteiger partial charge in [-0.1, -0.05) is 18.2 Å². The molecule has 2 aromatic rings. The topological polar surface area (TPSA) is 72.5 Å². The van der Waals surface area contributed by atoms with Gasteiger partial charge in [-0.2, -0.15) is 0 Å². The van der Waals surface area contributed by atoms with Crippen molar-refractivity contribution in [1.29, 1.82) is 0 Å². The molecule has 0 radical (unpaired) electrons. The minimum atomic E-state index is -3.42. The number of rotatable bonds is 6. The van der Waals surface area contributed by atoms with Crippen molar-refractivity contribution in [3.05, 3.63) is 52.9 Å². The Labute approximate surface area is 127 Å². The zero-order valence-electron chi connectivity index (χ0n) is 11.4. The van der Waals surface area contributed by atoms with Crippen molar-refractivity contribution in [2.45, 2.75) is 10.6 Å². The first-order valence-electron chi connectivity index (χ1n) is 6.23. The van der Waals surface area contributed by atoms with Crippen LogP contribution in [-0.4, -0.2) is 28.0 Å². The number of hydrogen-bond acceptors (Lipinski definition) is 5. The Bertz CT molecular complexity index is 691. The monoisotopic (exact) mass is 325 g/mol. The van der Waals surface area contributed by atoms with Crippen LogP contribution >= 0.6 is 11.3 Å². The molecule has 2 rings (SSSR count). The van der Waals surface area contributed by atoms with Crippen molar-refractivity contribution in [2.24, 2.45) is 0 Å². The molecule has 1 aromatic carbocycles. The molecule has 0 fully saturated rings. The number of carbonyl (C=O) groups excluding carboxylic acids is 1. The Morgan fingerprint density at radius 3 is 2.52 bits per heavy atom. The van der Waals surface area contributed by atoms with E-state index in [0.717, 1.165) is 5.56 Å². The van der Waals surface area contributed by atoms with Crippen LogP contribution < -0.4 is 4.72 Å². The lowest BCUT2D eigenvalue weighted by atomic mass is 10.1. The van der Waals surface area contributed by atoms with Gasteiger partial charge in [-0.3, -0.25) is 0 Å². The van der Waals surface area contributed by atoms with E-state index >= 15 is 0 Å². The predicted molar refractivity (Wildman–Crippen MR) is 81.0 cm³/mol. The zero-order chi connectivity index (χ0) is 15.3. The average Bonchev–Trinajstić information content (AvgIpc) is 3.02. The molecular formula is C14H15NO4S2. The van der Waals surface area contributed by atoms with Gasteiger partial charge in [0.1, 0.15) is 4.21 Å². The Kier molecular flexibility index (Phi) is 5.11. The van der Waals surface area contributed by atoms with Crippen LogP contribution in [0.5, 0.6) is 0 Å². The number of thiophene rings is 1. The van der Waals surface area contributed by atoms with Gasteiger partial charge in [0.15, 0.2) is 0 Å². The molecule has 5 nitrogen and oxygen atoms in total. The lowest BCUT2D eigenvalue weighted by molar-refractivity contribution is 0.0600. The summed E-state index contributed by atoms with van der Waals surface area (Å²) in [5, 5.41) is 1.72. The summed E-state index contributed by atoms with van der Waals surface area (Å²) in [6.45, 7) is 0.303. The van der Waals surface area contributed by atoms with E-state index in [1.54, 1.807) is 41.8 Å². The maximum atomic E-state index is 11.9. The summed E-state index contributed by atoms with van der Waals surface area (Å²) in [7, 11) is -2.09. The summed E-state index contributed by atoms with van der Waals surface area (Å²) in [5.74, 6) is -0.389. The minimum absolute atomic E-state index is 0.303. The fourth-order valence-corrected chi connectivity index (χ4v) is 3.81. The van der Waals surface area contributed by atoms with Gasteiger partial charge in [-0.15, -0.1) is 11.3 Å². The second-order valence-electron chi connectivity index (χ2n) is 4.27. The van der Waals surface area contributed by atoms with Crippen molar-refractivity contribution in [1.82, 2.24) is 4.72 Å². The van der Waals surface area contributed by atoms with Crippen LogP contribution in [0, 0.1) is 0 Å². The third kappa shape index (κ3) is 4.13. The fourth-order valence-electron chi connectivity index (χ4n) is 1.74. The Morgan fingerprint density at radius 1 is 1.24 bits per heavy atom. The maximum absolute atomic E-state index is 11.9. The first-order chi connectivity index (χ1) is 10.0. The highest BCUT2D eigenvalue weighted by atomic mass is 32.2. The summed E-state index contributed by atoms with van der Waals surface area (Å²) >= 11 is 1.18. The molecule has 0 saturated carbocycles. The van der Waals surface area contributed by atoms with Crippen molar-refractivity contribution < 1.29 is 17.9 Å². The first kappa shape index (κ1) is 15.7. The minimum Gasteiger partial charge on any atom is -0.465 e. The van der Waals surface area contributed by atoms with E-state index in [0.29, 0.717) is 22.7 Å². The summed E-state index contributed by atoms with van der Waals surface area (Å²) in [5.41, 5.74) is 1.41. The van der Waals surface area contributed by atoms with Crippen molar-refractivity contribution >= 4 is 27.3 Å². The first-order valence-corrected chi connectivity index (χ1v) is 8.59. The summed E-state index contributed by atoms with van der Waals surface area (Å²) in [4.78, 5) is 11.3. The molecule has 0 aliphatic rings. The third-order valence-corrected chi connectivity index (χ3v) is 5.70. The molecule has 0 saturated heterocycles. The highest BCUT2D eigenvalue weighted by Crippen LogP contribution is 2.15. The summed E-state index contributed by atoms with van der Waals surface area (Å²) < 4.78 is 31.3. The molecule has 0 bridgehead atoms. The highest BCUT2D eigenvalue weighted by Gasteiger charge is 2.14. The third-order valence-electron chi connectivity index (χ3n) is 2.84. The van der Waals surface area contributed by atoms with Crippen LogP contribution in [0.2, 0.25) is 0 Å². The van der Waals surface area contributed by atoms with Gasteiger partial charge in [0, 0.05) is 6.54 Å². The molecule has 1 N–H and O–H groups in total. The van der Waals surface area contributed by atoms with Crippen molar-refractivity contribution in [3.63, 3.8) is 0 Å². The normalized spacial score (nSPS) is 11.3. The lowest BCUT2D eigenvalue weighted by Gasteiger charge is -2.05. The number of sulfonamides is 1. The number of methoxy groups -OCH3 is 1. The van der Waals surface area contributed by atoms with E-state index in [9.17, 15) is 13.2 Å². The van der Waals surface area contributed by atoms with Crippen LogP contribution in [-0.2, 0) is 21.2 Å². The van der Waals surface area contributed by atoms with Crippen LogP contribution in [0.4, 0.5) is 0 Å². The van der Waals surface area contributed by atoms with Gasteiger partial charge in [0.25, 0.3) is 0 Å². The lowest BCUT2D eigenvalue weighted by Crippen LogP contribution is -2.25. The highest BCUT2D eigenvalue weighted by molar-refractivity contribution is 7.91. The Balaban J connectivity index is 1.91. The SMILES string of the molecule is COC(=O)c1ccc(CCNS(=O)(=O)c2cccs2)cc1. The van der Waals surface area contributed by atoms with E-state index in [4.69, 9.17) is 0 Å². The van der Waals surface area contributed by atoms with Gasteiger partial charge in [-0.25, -0.2) is 17.9 Å². The molecule has 21 heavy (non-hydrogen) atoms. The van der Waals surface area contributed by atoms with E-state index in [2.05, 4.69) is 9.46 Å². The van der Waals surface area contributed by atoms with Gasteiger partial charge < -0.3 is 4.74 Å². The van der Waals surface area contributed by atoms with Gasteiger partial charge in [0.2, 0.25) is 10.0 Å². The molecule has 0 spiro atoms. The van der Waals surface area contributed by atoms with Gasteiger partial charge in [-0.05, 0) is 35.6 Å². The average molecular weight is 325 g/mol. The van der Waals surface area contributed by atoms with Gasteiger partial charge in [0.05, 0.1) is 12.7 Å². The fraction of sp³-hybridized carbons (Fsp3) is 0.214. The molecule has 0 aliphatic carbocycles. The largest absolute Gasteiger partial charge is 0.465 e. The summed E-state index contributed by atoms with van der Waals surface area (Å²) in [6.07, 6.45) is 0.548. The molecule has 0 aliphatic heterocycles. The maximum Gasteiger partial charge on any atom is 0.337 e. The standard InChI is InChI=1S/C14H15NO4S2/c1-19-14(16)12-6-4-11(5-7-12)8-9-15-21(17,18)13-3-2-10-20-13/h2-7,10,15H,8-9H2,1H3. The number of benzene rings is 1. The second-order valence-corrected chi connectivity index (χ2v) is 7.21. The second kappa shape index (κ2) is 6.84. The number of nitrogens with one attached hydrogen (secondary N) is 1. The van der Waals surface area contributed by atoms with Crippen LogP contribution in [0.15, 0.2) is 46.0 Å².